The minimum atomic E-state index is -3.46. The fourth-order valence-electron chi connectivity index (χ4n) is 4.08. The first-order chi connectivity index (χ1) is 13.1. The molecule has 0 aliphatic rings. The molecule has 0 aromatic rings. The molecule has 0 atom stereocenters. The van der Waals surface area contributed by atoms with E-state index in [9.17, 15) is 13.2 Å². The van der Waals surface area contributed by atoms with Crippen LogP contribution in [0.2, 0.25) is 0 Å². The summed E-state index contributed by atoms with van der Waals surface area (Å²) in [6.07, 6.45) is 9.22. The molecule has 0 bridgehead atoms. The molecular weight excluding hydrogens is 378 g/mol. The predicted molar refractivity (Wildman–Crippen MR) is 115 cm³/mol. The Balaban J connectivity index is 4.04. The molecule has 6 nitrogen and oxygen atoms in total. The van der Waals surface area contributed by atoms with Crippen molar-refractivity contribution in [1.82, 2.24) is 0 Å². The van der Waals surface area contributed by atoms with Crippen LogP contribution in [0.4, 0.5) is 0 Å². The minimum absolute atomic E-state index is 0.0564. The Hall–Kier alpha value is -0.660. The molecule has 0 saturated carbocycles. The third-order valence-electron chi connectivity index (χ3n) is 6.53. The molecule has 7 heteroatoms. The van der Waals surface area contributed by atoms with Gasteiger partial charge < -0.3 is 9.84 Å². The SMILES string of the molecule is CCC(CC)(CCCCOCCCCC(CC)(CC)CS(N)(=O)=O)CC(=O)O. The highest BCUT2D eigenvalue weighted by atomic mass is 32.2. The maximum atomic E-state index is 11.5. The zero-order valence-electron chi connectivity index (χ0n) is 18.5. The van der Waals surface area contributed by atoms with E-state index in [2.05, 4.69) is 13.8 Å². The van der Waals surface area contributed by atoms with Gasteiger partial charge in [0, 0.05) is 13.2 Å². The smallest absolute Gasteiger partial charge is 0.303 e. The number of sulfonamides is 1. The Kier molecular flexibility index (Phi) is 13.2. The van der Waals surface area contributed by atoms with E-state index in [-0.39, 0.29) is 23.0 Å². The quantitative estimate of drug-likeness (QED) is 0.311. The van der Waals surface area contributed by atoms with Crippen LogP contribution in [0, 0.1) is 10.8 Å². The van der Waals surface area contributed by atoms with E-state index in [1.165, 1.54) is 0 Å². The lowest BCUT2D eigenvalue weighted by molar-refractivity contribution is -0.140. The summed E-state index contributed by atoms with van der Waals surface area (Å²) in [5.41, 5.74) is -0.305. The van der Waals surface area contributed by atoms with Crippen molar-refractivity contribution in [3.8, 4) is 0 Å². The van der Waals surface area contributed by atoms with Gasteiger partial charge >= 0.3 is 5.97 Å². The Morgan fingerprint density at radius 3 is 1.64 bits per heavy atom. The minimum Gasteiger partial charge on any atom is -0.481 e. The summed E-state index contributed by atoms with van der Waals surface area (Å²) in [4.78, 5) is 11.1. The normalized spacial score (nSPS) is 13.0. The van der Waals surface area contributed by atoms with E-state index in [0.29, 0.717) is 13.2 Å². The van der Waals surface area contributed by atoms with Gasteiger partial charge in [-0.05, 0) is 62.2 Å². The maximum absolute atomic E-state index is 11.5. The number of aliphatic carboxylic acids is 1. The number of carboxylic acids is 1. The summed E-state index contributed by atoms with van der Waals surface area (Å²) in [5, 5.41) is 14.4. The van der Waals surface area contributed by atoms with Crippen LogP contribution in [0.25, 0.3) is 0 Å². The van der Waals surface area contributed by atoms with E-state index in [1.54, 1.807) is 0 Å². The number of unbranched alkanes of at least 4 members (excludes halogenated alkanes) is 2. The average molecular weight is 422 g/mol. The average Bonchev–Trinajstić information content (AvgIpc) is 2.63. The van der Waals surface area contributed by atoms with Crippen molar-refractivity contribution < 1.29 is 23.1 Å². The highest BCUT2D eigenvalue weighted by molar-refractivity contribution is 7.89. The van der Waals surface area contributed by atoms with Gasteiger partial charge in [-0.25, -0.2) is 13.6 Å². The Morgan fingerprint density at radius 1 is 0.857 bits per heavy atom. The summed E-state index contributed by atoms with van der Waals surface area (Å²) in [5.74, 6) is -0.654. The van der Waals surface area contributed by atoms with E-state index < -0.39 is 16.0 Å². The summed E-state index contributed by atoms with van der Waals surface area (Å²) in [6.45, 7) is 9.59. The summed E-state index contributed by atoms with van der Waals surface area (Å²) < 4.78 is 28.7. The van der Waals surface area contributed by atoms with Crippen LogP contribution in [0.5, 0.6) is 0 Å². The van der Waals surface area contributed by atoms with Gasteiger partial charge in [-0.3, -0.25) is 4.79 Å². The molecule has 0 aliphatic heterocycles. The maximum Gasteiger partial charge on any atom is 0.303 e. The second kappa shape index (κ2) is 13.5. The number of hydrogen-bond donors (Lipinski definition) is 2. The summed E-state index contributed by atoms with van der Waals surface area (Å²) >= 11 is 0. The third kappa shape index (κ3) is 11.4. The molecule has 0 radical (unpaired) electrons. The van der Waals surface area contributed by atoms with Gasteiger partial charge in [0.2, 0.25) is 10.0 Å². The lowest BCUT2D eigenvalue weighted by atomic mass is 9.75. The third-order valence-corrected chi connectivity index (χ3v) is 7.54. The second-order valence-electron chi connectivity index (χ2n) is 8.32. The van der Waals surface area contributed by atoms with Crippen LogP contribution in [-0.4, -0.2) is 38.5 Å². The van der Waals surface area contributed by atoms with Gasteiger partial charge in [-0.1, -0.05) is 40.5 Å². The molecule has 0 aliphatic carbocycles. The molecule has 3 N–H and O–H groups in total. The molecular formula is C21H43NO5S. The van der Waals surface area contributed by atoms with Crippen LogP contribution >= 0.6 is 0 Å². The first kappa shape index (κ1) is 27.3. The zero-order valence-corrected chi connectivity index (χ0v) is 19.3. The number of primary sulfonamides is 1. The van der Waals surface area contributed by atoms with Crippen molar-refractivity contribution in [2.45, 2.75) is 98.3 Å². The van der Waals surface area contributed by atoms with Crippen molar-refractivity contribution in [3.63, 3.8) is 0 Å². The van der Waals surface area contributed by atoms with Crippen LogP contribution in [0.3, 0.4) is 0 Å². The first-order valence-corrected chi connectivity index (χ1v) is 12.6. The van der Waals surface area contributed by atoms with Crippen LogP contribution in [0.1, 0.15) is 98.3 Å². The molecule has 0 rings (SSSR count). The van der Waals surface area contributed by atoms with Gasteiger partial charge in [0.25, 0.3) is 0 Å². The van der Waals surface area contributed by atoms with E-state index in [1.807, 2.05) is 13.8 Å². The van der Waals surface area contributed by atoms with Gasteiger partial charge in [0.15, 0.2) is 0 Å². The van der Waals surface area contributed by atoms with Crippen molar-refractivity contribution in [3.05, 3.63) is 0 Å². The number of carbonyl (C=O) groups is 1. The Morgan fingerprint density at radius 2 is 1.29 bits per heavy atom. The fourth-order valence-corrected chi connectivity index (χ4v) is 5.49. The predicted octanol–water partition coefficient (Wildman–Crippen LogP) is 4.72. The fraction of sp³-hybridized carbons (Fsp3) is 0.952. The molecule has 168 valence electrons. The van der Waals surface area contributed by atoms with Crippen molar-refractivity contribution in [1.29, 1.82) is 0 Å². The van der Waals surface area contributed by atoms with E-state index in [4.69, 9.17) is 15.0 Å². The van der Waals surface area contributed by atoms with Crippen LogP contribution < -0.4 is 5.14 Å². The van der Waals surface area contributed by atoms with E-state index >= 15 is 0 Å². The van der Waals surface area contributed by atoms with Crippen LogP contribution in [0.15, 0.2) is 0 Å². The number of rotatable bonds is 18. The van der Waals surface area contributed by atoms with Gasteiger partial charge in [0.1, 0.15) is 0 Å². The molecule has 0 aromatic heterocycles. The standard InChI is InChI=1S/C21H43NO5S/c1-5-20(6-2,17-19(23)24)13-9-11-15-27-16-12-10-14-21(7-3,8-4)18-28(22,25)26/h5-18H2,1-4H3,(H,23,24)(H2,22,25,26). The Labute approximate surface area is 172 Å². The van der Waals surface area contributed by atoms with Gasteiger partial charge in [-0.15, -0.1) is 0 Å². The molecule has 0 fully saturated rings. The lowest BCUT2D eigenvalue weighted by Crippen LogP contribution is -2.33. The Bertz CT molecular complexity index is 525. The number of carboxylic acid groups (broad SMARTS) is 1. The molecule has 28 heavy (non-hydrogen) atoms. The largest absolute Gasteiger partial charge is 0.481 e. The zero-order chi connectivity index (χ0) is 21.7. The van der Waals surface area contributed by atoms with Gasteiger partial charge in [0.05, 0.1) is 12.2 Å². The molecule has 0 heterocycles. The van der Waals surface area contributed by atoms with Crippen molar-refractivity contribution in [2.24, 2.45) is 16.0 Å². The molecule has 0 unspecified atom stereocenters. The molecule has 0 spiro atoms. The topological polar surface area (TPSA) is 107 Å². The number of hydrogen-bond acceptors (Lipinski definition) is 4. The second-order valence-corrected chi connectivity index (χ2v) is 9.93. The van der Waals surface area contributed by atoms with Crippen molar-refractivity contribution >= 4 is 16.0 Å². The lowest BCUT2D eigenvalue weighted by Gasteiger charge is -2.30. The van der Waals surface area contributed by atoms with E-state index in [0.717, 1.165) is 64.2 Å². The summed E-state index contributed by atoms with van der Waals surface area (Å²) in [7, 11) is -3.46. The van der Waals surface area contributed by atoms with Crippen molar-refractivity contribution in [2.75, 3.05) is 19.0 Å². The summed E-state index contributed by atoms with van der Waals surface area (Å²) in [6, 6.07) is 0. The van der Waals surface area contributed by atoms with Crippen LogP contribution in [-0.2, 0) is 19.6 Å². The highest BCUT2D eigenvalue weighted by Crippen LogP contribution is 2.36. The highest BCUT2D eigenvalue weighted by Gasteiger charge is 2.30. The molecule has 0 amide bonds. The monoisotopic (exact) mass is 421 g/mol. The number of nitrogens with two attached hydrogens (primary N) is 1. The van der Waals surface area contributed by atoms with Gasteiger partial charge in [-0.2, -0.15) is 0 Å². The number of ether oxygens (including phenoxy) is 1. The molecule has 0 aromatic carbocycles. The molecule has 0 saturated heterocycles. The first-order valence-electron chi connectivity index (χ1n) is 10.9.